The molecule has 0 bridgehead atoms. The first kappa shape index (κ1) is 11.0. The Bertz CT molecular complexity index is 546. The number of hydrogen-bond donors (Lipinski definition) is 1. The standard InChI is InChI=1S/C12H10BrNO2/c1-14-7-9(6-11(14)12(15)16)8-3-2-4-10(13)5-8/h2-7H,1H3,(H,15,16). The summed E-state index contributed by atoms with van der Waals surface area (Å²) >= 11 is 3.39. The molecule has 1 N–H and O–H groups in total. The van der Waals surface area contributed by atoms with Crippen molar-refractivity contribution in [2.75, 3.05) is 0 Å². The van der Waals surface area contributed by atoms with Gasteiger partial charge < -0.3 is 9.67 Å². The fourth-order valence-electron chi connectivity index (χ4n) is 1.60. The van der Waals surface area contributed by atoms with Gasteiger partial charge in [-0.3, -0.25) is 0 Å². The third-order valence-electron chi connectivity index (χ3n) is 2.38. The minimum Gasteiger partial charge on any atom is -0.477 e. The van der Waals surface area contributed by atoms with Crippen LogP contribution in [0.3, 0.4) is 0 Å². The lowest BCUT2D eigenvalue weighted by molar-refractivity contribution is 0.0686. The molecule has 4 heteroatoms. The number of carboxylic acids is 1. The molecule has 0 radical (unpaired) electrons. The molecule has 0 aliphatic carbocycles. The quantitative estimate of drug-likeness (QED) is 0.918. The van der Waals surface area contributed by atoms with Crippen molar-refractivity contribution in [1.29, 1.82) is 0 Å². The highest BCUT2D eigenvalue weighted by atomic mass is 79.9. The van der Waals surface area contributed by atoms with Gasteiger partial charge in [0.2, 0.25) is 0 Å². The van der Waals surface area contributed by atoms with Crippen molar-refractivity contribution in [2.45, 2.75) is 0 Å². The fraction of sp³-hybridized carbons (Fsp3) is 0.0833. The van der Waals surface area contributed by atoms with Gasteiger partial charge in [-0.2, -0.15) is 0 Å². The lowest BCUT2D eigenvalue weighted by atomic mass is 10.1. The van der Waals surface area contributed by atoms with Crippen molar-refractivity contribution in [3.05, 3.63) is 46.7 Å². The van der Waals surface area contributed by atoms with Crippen molar-refractivity contribution in [2.24, 2.45) is 7.05 Å². The van der Waals surface area contributed by atoms with E-state index in [1.54, 1.807) is 17.7 Å². The minimum atomic E-state index is -0.913. The van der Waals surface area contributed by atoms with Crippen molar-refractivity contribution >= 4 is 21.9 Å². The highest BCUT2D eigenvalue weighted by Crippen LogP contribution is 2.24. The molecule has 0 amide bonds. The lowest BCUT2D eigenvalue weighted by Crippen LogP contribution is -2.02. The number of carboxylic acid groups (broad SMARTS) is 1. The summed E-state index contributed by atoms with van der Waals surface area (Å²) in [6.07, 6.45) is 1.81. The van der Waals surface area contributed by atoms with Crippen LogP contribution in [-0.4, -0.2) is 15.6 Å². The normalized spacial score (nSPS) is 10.4. The molecule has 2 rings (SSSR count). The van der Waals surface area contributed by atoms with Crippen LogP contribution in [0, 0.1) is 0 Å². The van der Waals surface area contributed by atoms with Crippen LogP contribution in [0.1, 0.15) is 10.5 Å². The van der Waals surface area contributed by atoms with Gasteiger partial charge in [-0.25, -0.2) is 4.79 Å². The molecule has 2 aromatic rings. The molecule has 0 saturated carbocycles. The summed E-state index contributed by atoms with van der Waals surface area (Å²) in [6.45, 7) is 0. The van der Waals surface area contributed by atoms with E-state index < -0.39 is 5.97 Å². The Hall–Kier alpha value is -1.55. The molecule has 1 aromatic heterocycles. The predicted molar refractivity (Wildman–Crippen MR) is 65.5 cm³/mol. The maximum atomic E-state index is 10.9. The summed E-state index contributed by atoms with van der Waals surface area (Å²) in [5, 5.41) is 8.95. The number of aryl methyl sites for hydroxylation is 1. The maximum Gasteiger partial charge on any atom is 0.352 e. The summed E-state index contributed by atoms with van der Waals surface area (Å²) in [6, 6.07) is 9.44. The molecular weight excluding hydrogens is 270 g/mol. The Labute approximate surface area is 101 Å². The van der Waals surface area contributed by atoms with E-state index >= 15 is 0 Å². The number of rotatable bonds is 2. The second-order valence-corrected chi connectivity index (χ2v) is 4.46. The second-order valence-electron chi connectivity index (χ2n) is 3.54. The van der Waals surface area contributed by atoms with E-state index in [4.69, 9.17) is 5.11 Å². The Balaban J connectivity index is 2.49. The fourth-order valence-corrected chi connectivity index (χ4v) is 2.00. The summed E-state index contributed by atoms with van der Waals surface area (Å²) < 4.78 is 2.59. The minimum absolute atomic E-state index is 0.287. The third-order valence-corrected chi connectivity index (χ3v) is 2.88. The number of hydrogen-bond acceptors (Lipinski definition) is 1. The van der Waals surface area contributed by atoms with Gasteiger partial charge in [0.05, 0.1) is 0 Å². The smallest absolute Gasteiger partial charge is 0.352 e. The van der Waals surface area contributed by atoms with E-state index in [-0.39, 0.29) is 5.69 Å². The van der Waals surface area contributed by atoms with E-state index in [0.29, 0.717) is 0 Å². The lowest BCUT2D eigenvalue weighted by Gasteiger charge is -1.97. The van der Waals surface area contributed by atoms with Crippen LogP contribution in [0.25, 0.3) is 11.1 Å². The number of carbonyl (C=O) groups is 1. The van der Waals surface area contributed by atoms with Gasteiger partial charge in [0.1, 0.15) is 5.69 Å². The highest BCUT2D eigenvalue weighted by molar-refractivity contribution is 9.10. The summed E-state index contributed by atoms with van der Waals surface area (Å²) in [5.41, 5.74) is 2.19. The second kappa shape index (κ2) is 4.14. The first-order valence-corrected chi connectivity index (χ1v) is 5.53. The van der Waals surface area contributed by atoms with Crippen molar-refractivity contribution in [3.8, 4) is 11.1 Å². The Morgan fingerprint density at radius 2 is 2.06 bits per heavy atom. The zero-order valence-corrected chi connectivity index (χ0v) is 10.2. The highest BCUT2D eigenvalue weighted by Gasteiger charge is 2.10. The zero-order valence-electron chi connectivity index (χ0n) is 8.64. The molecular formula is C12H10BrNO2. The van der Waals surface area contributed by atoms with Crippen LogP contribution in [0.5, 0.6) is 0 Å². The summed E-state index contributed by atoms with van der Waals surface area (Å²) in [7, 11) is 1.73. The number of benzene rings is 1. The topological polar surface area (TPSA) is 42.2 Å². The van der Waals surface area contributed by atoms with Crippen molar-refractivity contribution < 1.29 is 9.90 Å². The Morgan fingerprint density at radius 1 is 1.31 bits per heavy atom. The SMILES string of the molecule is Cn1cc(-c2cccc(Br)c2)cc1C(=O)O. The van der Waals surface area contributed by atoms with Crippen LogP contribution < -0.4 is 0 Å². The zero-order chi connectivity index (χ0) is 11.7. The van der Waals surface area contributed by atoms with E-state index in [0.717, 1.165) is 15.6 Å². The van der Waals surface area contributed by atoms with Gasteiger partial charge in [0.25, 0.3) is 0 Å². The van der Waals surface area contributed by atoms with Gasteiger partial charge in [-0.15, -0.1) is 0 Å². The Kier molecular flexibility index (Phi) is 2.83. The first-order chi connectivity index (χ1) is 7.58. The number of nitrogens with zero attached hydrogens (tertiary/aromatic N) is 1. The molecule has 0 aliphatic rings. The van der Waals surface area contributed by atoms with Gasteiger partial charge in [0.15, 0.2) is 0 Å². The average molecular weight is 280 g/mol. The van der Waals surface area contributed by atoms with Crippen LogP contribution >= 0.6 is 15.9 Å². The molecule has 3 nitrogen and oxygen atoms in total. The largest absolute Gasteiger partial charge is 0.477 e. The third kappa shape index (κ3) is 2.02. The molecule has 0 fully saturated rings. The van der Waals surface area contributed by atoms with E-state index in [1.807, 2.05) is 30.5 Å². The predicted octanol–water partition coefficient (Wildman–Crippen LogP) is 3.15. The van der Waals surface area contributed by atoms with Crippen LogP contribution in [-0.2, 0) is 7.05 Å². The summed E-state index contributed by atoms with van der Waals surface area (Å²) in [5.74, 6) is -0.913. The van der Waals surface area contributed by atoms with E-state index in [9.17, 15) is 4.79 Å². The molecule has 0 saturated heterocycles. The van der Waals surface area contributed by atoms with Gasteiger partial charge in [0, 0.05) is 23.3 Å². The number of aromatic nitrogens is 1. The van der Waals surface area contributed by atoms with Crippen molar-refractivity contribution in [1.82, 2.24) is 4.57 Å². The summed E-state index contributed by atoms with van der Waals surface area (Å²) in [4.78, 5) is 10.9. The van der Waals surface area contributed by atoms with Crippen LogP contribution in [0.2, 0.25) is 0 Å². The first-order valence-electron chi connectivity index (χ1n) is 4.73. The number of aromatic carboxylic acids is 1. The molecule has 82 valence electrons. The molecule has 1 heterocycles. The molecule has 0 aliphatic heterocycles. The molecule has 0 atom stereocenters. The van der Waals surface area contributed by atoms with Crippen LogP contribution in [0.15, 0.2) is 41.0 Å². The van der Waals surface area contributed by atoms with Gasteiger partial charge in [-0.05, 0) is 23.8 Å². The van der Waals surface area contributed by atoms with Crippen LogP contribution in [0.4, 0.5) is 0 Å². The molecule has 1 aromatic carbocycles. The number of halogens is 1. The molecule has 0 spiro atoms. The van der Waals surface area contributed by atoms with Crippen molar-refractivity contribution in [3.63, 3.8) is 0 Å². The maximum absolute atomic E-state index is 10.9. The Morgan fingerprint density at radius 3 is 2.62 bits per heavy atom. The van der Waals surface area contributed by atoms with E-state index in [2.05, 4.69) is 15.9 Å². The average Bonchev–Trinajstić information content (AvgIpc) is 2.60. The monoisotopic (exact) mass is 279 g/mol. The van der Waals surface area contributed by atoms with Gasteiger partial charge >= 0.3 is 5.97 Å². The molecule has 0 unspecified atom stereocenters. The van der Waals surface area contributed by atoms with Gasteiger partial charge in [-0.1, -0.05) is 28.1 Å². The van der Waals surface area contributed by atoms with E-state index in [1.165, 1.54) is 0 Å². The molecule has 16 heavy (non-hydrogen) atoms.